The van der Waals surface area contributed by atoms with Gasteiger partial charge in [0.2, 0.25) is 0 Å². The summed E-state index contributed by atoms with van der Waals surface area (Å²) < 4.78 is 38.8. The van der Waals surface area contributed by atoms with Crippen LogP contribution in [0.3, 0.4) is 0 Å². The van der Waals surface area contributed by atoms with Crippen molar-refractivity contribution in [2.45, 2.75) is 25.0 Å². The molecule has 2 aromatic carbocycles. The summed E-state index contributed by atoms with van der Waals surface area (Å²) in [5, 5.41) is 12.9. The molecule has 156 valence electrons. The summed E-state index contributed by atoms with van der Waals surface area (Å²) in [7, 11) is 0. The number of amides is 1. The SMILES string of the molecule is N#C[C@H](Cc1ccc2c(c1)OCc1cc(F)c(F)cc1-2)C1(C(N)=O)CNCCCO1. The second kappa shape index (κ2) is 8.01. The van der Waals surface area contributed by atoms with Gasteiger partial charge in [-0.15, -0.1) is 0 Å². The van der Waals surface area contributed by atoms with Crippen LogP contribution in [0.25, 0.3) is 11.1 Å². The Labute approximate surface area is 172 Å². The van der Waals surface area contributed by atoms with Gasteiger partial charge in [0.1, 0.15) is 12.4 Å². The van der Waals surface area contributed by atoms with Crippen molar-refractivity contribution in [1.29, 1.82) is 5.26 Å². The van der Waals surface area contributed by atoms with Crippen molar-refractivity contribution in [2.75, 3.05) is 19.7 Å². The van der Waals surface area contributed by atoms with E-state index in [2.05, 4.69) is 11.4 Å². The van der Waals surface area contributed by atoms with E-state index in [4.69, 9.17) is 15.2 Å². The van der Waals surface area contributed by atoms with Crippen LogP contribution in [0.4, 0.5) is 8.78 Å². The van der Waals surface area contributed by atoms with Gasteiger partial charge in [-0.05, 0) is 48.7 Å². The molecule has 0 spiro atoms. The van der Waals surface area contributed by atoms with Crippen LogP contribution in [-0.4, -0.2) is 31.2 Å². The van der Waals surface area contributed by atoms with E-state index in [0.717, 1.165) is 24.1 Å². The van der Waals surface area contributed by atoms with Crippen LogP contribution in [-0.2, 0) is 22.6 Å². The van der Waals surface area contributed by atoms with Gasteiger partial charge < -0.3 is 20.5 Å². The third kappa shape index (κ3) is 3.51. The molecule has 1 unspecified atom stereocenters. The summed E-state index contributed by atoms with van der Waals surface area (Å²) in [5.74, 6) is -2.81. The van der Waals surface area contributed by atoms with E-state index in [1.54, 1.807) is 18.2 Å². The quantitative estimate of drug-likeness (QED) is 0.803. The summed E-state index contributed by atoms with van der Waals surface area (Å²) in [6, 6.07) is 9.76. The van der Waals surface area contributed by atoms with Crippen LogP contribution in [0, 0.1) is 28.9 Å². The normalized spacial score (nSPS) is 21.4. The molecule has 2 atom stereocenters. The molecule has 2 heterocycles. The highest BCUT2D eigenvalue weighted by molar-refractivity contribution is 5.85. The Balaban J connectivity index is 1.65. The Morgan fingerprint density at radius 2 is 2.07 bits per heavy atom. The molecule has 0 radical (unpaired) electrons. The average Bonchev–Trinajstić information content (AvgIpc) is 3.00. The lowest BCUT2D eigenvalue weighted by Crippen LogP contribution is -2.57. The summed E-state index contributed by atoms with van der Waals surface area (Å²) in [6.07, 6.45) is 0.943. The van der Waals surface area contributed by atoms with Crippen molar-refractivity contribution < 1.29 is 23.0 Å². The van der Waals surface area contributed by atoms with E-state index in [9.17, 15) is 18.8 Å². The fourth-order valence-electron chi connectivity index (χ4n) is 4.03. The lowest BCUT2D eigenvalue weighted by Gasteiger charge is -2.33. The lowest BCUT2D eigenvalue weighted by atomic mass is 9.82. The van der Waals surface area contributed by atoms with Crippen molar-refractivity contribution in [3.05, 3.63) is 53.1 Å². The minimum absolute atomic E-state index is 0.114. The molecular weight excluding hydrogens is 392 g/mol. The number of primary amides is 1. The Morgan fingerprint density at radius 1 is 1.27 bits per heavy atom. The molecule has 2 aliphatic heterocycles. The van der Waals surface area contributed by atoms with Crippen LogP contribution in [0.5, 0.6) is 5.75 Å². The Kier molecular flexibility index (Phi) is 5.41. The number of carbonyl (C=O) groups excluding carboxylic acids is 1. The van der Waals surface area contributed by atoms with Crippen LogP contribution >= 0.6 is 0 Å². The molecule has 0 bridgehead atoms. The summed E-state index contributed by atoms with van der Waals surface area (Å²) in [6.45, 7) is 1.29. The maximum Gasteiger partial charge on any atom is 0.252 e. The van der Waals surface area contributed by atoms with Gasteiger partial charge >= 0.3 is 0 Å². The number of hydrogen-bond donors (Lipinski definition) is 2. The highest BCUT2D eigenvalue weighted by atomic mass is 19.2. The second-order valence-corrected chi connectivity index (χ2v) is 7.56. The van der Waals surface area contributed by atoms with E-state index < -0.39 is 29.1 Å². The first-order valence-electron chi connectivity index (χ1n) is 9.73. The van der Waals surface area contributed by atoms with Gasteiger partial charge in [0, 0.05) is 24.3 Å². The summed E-state index contributed by atoms with van der Waals surface area (Å²) in [4.78, 5) is 12.3. The molecule has 2 aliphatic rings. The van der Waals surface area contributed by atoms with Gasteiger partial charge in [0.05, 0.1) is 12.0 Å². The van der Waals surface area contributed by atoms with Crippen molar-refractivity contribution in [1.82, 2.24) is 5.32 Å². The number of ether oxygens (including phenoxy) is 2. The number of nitriles is 1. The van der Waals surface area contributed by atoms with Gasteiger partial charge in [-0.2, -0.15) is 5.26 Å². The molecule has 0 aliphatic carbocycles. The number of fused-ring (bicyclic) bond motifs is 3. The highest BCUT2D eigenvalue weighted by Crippen LogP contribution is 2.39. The fourth-order valence-corrected chi connectivity index (χ4v) is 4.03. The molecular formula is C22H21F2N3O3. The van der Waals surface area contributed by atoms with Gasteiger partial charge in [-0.25, -0.2) is 8.78 Å². The number of carbonyl (C=O) groups is 1. The maximum absolute atomic E-state index is 13.7. The van der Waals surface area contributed by atoms with Gasteiger partial charge in [-0.3, -0.25) is 4.79 Å². The minimum atomic E-state index is -1.42. The van der Waals surface area contributed by atoms with Crippen LogP contribution in [0.15, 0.2) is 30.3 Å². The third-order valence-electron chi connectivity index (χ3n) is 5.69. The highest BCUT2D eigenvalue weighted by Gasteiger charge is 2.46. The first-order chi connectivity index (χ1) is 14.4. The van der Waals surface area contributed by atoms with Crippen molar-refractivity contribution in [3.63, 3.8) is 0 Å². The lowest BCUT2D eigenvalue weighted by molar-refractivity contribution is -0.147. The standard InChI is InChI=1S/C22H21F2N3O3/c23-18-8-14-11-29-20-7-13(2-3-16(20)17(14)9-19(18)24)6-15(10-25)22(21(26)28)12-27-4-1-5-30-22/h2-3,7-9,15,27H,1,4-6,11-12H2,(H2,26,28)/t15-,22?/m0/s1. The smallest absolute Gasteiger partial charge is 0.252 e. The molecule has 0 saturated carbocycles. The zero-order valence-electron chi connectivity index (χ0n) is 16.2. The van der Waals surface area contributed by atoms with Crippen LogP contribution < -0.4 is 15.8 Å². The molecule has 1 saturated heterocycles. The van der Waals surface area contributed by atoms with Crippen molar-refractivity contribution in [2.24, 2.45) is 11.7 Å². The largest absolute Gasteiger partial charge is 0.488 e. The minimum Gasteiger partial charge on any atom is -0.488 e. The van der Waals surface area contributed by atoms with Crippen molar-refractivity contribution >= 4 is 5.91 Å². The predicted octanol–water partition coefficient (Wildman–Crippen LogP) is 2.44. The molecule has 30 heavy (non-hydrogen) atoms. The van der Waals surface area contributed by atoms with Crippen LogP contribution in [0.1, 0.15) is 17.5 Å². The number of benzene rings is 2. The van der Waals surface area contributed by atoms with Gasteiger partial charge in [-0.1, -0.05) is 12.1 Å². The van der Waals surface area contributed by atoms with Crippen LogP contribution in [0.2, 0.25) is 0 Å². The summed E-state index contributed by atoms with van der Waals surface area (Å²) >= 11 is 0. The number of nitrogens with two attached hydrogens (primary N) is 1. The van der Waals surface area contributed by atoms with Crippen molar-refractivity contribution in [3.8, 4) is 22.9 Å². The molecule has 0 aromatic heterocycles. The van der Waals surface area contributed by atoms with E-state index >= 15 is 0 Å². The van der Waals surface area contributed by atoms with E-state index in [1.165, 1.54) is 0 Å². The molecule has 6 nitrogen and oxygen atoms in total. The molecule has 2 aromatic rings. The number of halogens is 2. The first-order valence-corrected chi connectivity index (χ1v) is 9.73. The van der Waals surface area contributed by atoms with Gasteiger partial charge in [0.25, 0.3) is 5.91 Å². The first kappa shape index (κ1) is 20.3. The monoisotopic (exact) mass is 413 g/mol. The van der Waals surface area contributed by atoms with E-state index in [1.807, 2.05) is 0 Å². The zero-order valence-corrected chi connectivity index (χ0v) is 16.2. The molecule has 1 fully saturated rings. The zero-order chi connectivity index (χ0) is 21.3. The number of rotatable bonds is 4. The van der Waals surface area contributed by atoms with E-state index in [0.29, 0.717) is 35.6 Å². The Hall–Kier alpha value is -3.02. The number of nitrogens with zero attached hydrogens (tertiary/aromatic N) is 1. The number of nitrogens with one attached hydrogen (secondary N) is 1. The Bertz CT molecular complexity index is 1030. The fraction of sp³-hybridized carbons (Fsp3) is 0.364. The molecule has 4 rings (SSSR count). The summed E-state index contributed by atoms with van der Waals surface area (Å²) in [5.41, 5.74) is 6.75. The molecule has 1 amide bonds. The predicted molar refractivity (Wildman–Crippen MR) is 104 cm³/mol. The molecule has 8 heteroatoms. The van der Waals surface area contributed by atoms with E-state index in [-0.39, 0.29) is 19.6 Å². The third-order valence-corrected chi connectivity index (χ3v) is 5.69. The maximum atomic E-state index is 13.7. The van der Waals surface area contributed by atoms with Gasteiger partial charge in [0.15, 0.2) is 17.2 Å². The average molecular weight is 413 g/mol. The molecule has 3 N–H and O–H groups in total. The topological polar surface area (TPSA) is 97.4 Å². The second-order valence-electron chi connectivity index (χ2n) is 7.56. The Morgan fingerprint density at radius 3 is 2.83 bits per heavy atom. The number of hydrogen-bond acceptors (Lipinski definition) is 5.